The van der Waals surface area contributed by atoms with Crippen LogP contribution < -0.4 is 97.4 Å². The normalized spacial score (nSPS) is 15.4. The number of amides is 16. The topological polar surface area (TPSA) is 678 Å². The van der Waals surface area contributed by atoms with Gasteiger partial charge in [0.2, 0.25) is 94.5 Å². The third-order valence-electron chi connectivity index (χ3n) is 16.8. The Hall–Kier alpha value is -10.6. The van der Waals surface area contributed by atoms with E-state index in [9.17, 15) is 112 Å². The van der Waals surface area contributed by atoms with E-state index in [1.165, 1.54) is 26.0 Å². The third-order valence-corrected chi connectivity index (χ3v) is 17.1. The number of carboxylic acid groups (broad SMARTS) is 3. The number of thiol groups is 1. The Bertz CT molecular complexity index is 3350. The SMILES string of the molecule is CC[C@H](C)[C@H](NC(=O)[C@H](CCC(=O)O)NC(=O)CNC(=O)[C@@H](NC(=O)[C@@H](N)CC(N)=O)[C@@H](C)CC)C(=O)N[C@@H](CC(C)C)C(=O)N[C@@H](CCCCN)C(=O)N[C@@H](C)C(=O)N[C@@H](C)C(=O)NCC(=O)N[C@@H](CS)C(=O)N[C@@H](CC(=O)O)C(=O)N[C@@H](Cc1ccccc1)C(=O)N[C@H](C(=O)N[C@@H](CC(N)=O)C(=O)O)[C@@H](C)O. The number of benzene rings is 1. The summed E-state index contributed by atoms with van der Waals surface area (Å²) in [5.41, 5.74) is 22.1. The fourth-order valence-corrected chi connectivity index (χ4v) is 10.4. The van der Waals surface area contributed by atoms with Gasteiger partial charge in [0.05, 0.1) is 44.5 Å². The molecule has 0 saturated heterocycles. The Morgan fingerprint density at radius 1 is 0.431 bits per heavy atom. The molecule has 0 saturated carbocycles. The molecule has 0 fully saturated rings. The minimum absolute atomic E-state index is 0.0318. The van der Waals surface area contributed by atoms with Crippen molar-refractivity contribution >= 4 is 125 Å². The van der Waals surface area contributed by atoms with Crippen molar-refractivity contribution in [3.8, 4) is 0 Å². The van der Waals surface area contributed by atoms with Gasteiger partial charge in [-0.3, -0.25) is 86.3 Å². The maximum Gasteiger partial charge on any atom is 0.326 e. The van der Waals surface area contributed by atoms with E-state index >= 15 is 0 Å². The van der Waals surface area contributed by atoms with Gasteiger partial charge in [-0.15, -0.1) is 0 Å². The summed E-state index contributed by atoms with van der Waals surface area (Å²) in [5, 5.41) is 72.2. The molecular weight excluding hydrogens is 1460 g/mol. The number of hydrogen-bond donors (Lipinski definition) is 23. The van der Waals surface area contributed by atoms with E-state index in [0.717, 1.165) is 6.92 Å². The lowest BCUT2D eigenvalue weighted by Crippen LogP contribution is -2.61. The van der Waals surface area contributed by atoms with Crippen LogP contribution in [0.15, 0.2) is 30.3 Å². The van der Waals surface area contributed by atoms with E-state index in [1.54, 1.807) is 59.7 Å². The highest BCUT2D eigenvalue weighted by atomic mass is 32.1. The monoisotopic (exact) mass is 1560 g/mol. The molecule has 26 N–H and O–H groups in total. The third kappa shape index (κ3) is 36.7. The maximum absolute atomic E-state index is 14.3. The number of nitrogens with one attached hydrogen (secondary N) is 14. The maximum atomic E-state index is 14.3. The Kier molecular flexibility index (Phi) is 43.6. The van der Waals surface area contributed by atoms with Gasteiger partial charge in [-0.25, -0.2) is 4.79 Å². The minimum Gasteiger partial charge on any atom is -0.481 e. The fourth-order valence-electron chi connectivity index (χ4n) is 10.1. The molecule has 0 aliphatic rings. The average Bonchev–Trinajstić information content (AvgIpc) is 0.850. The highest BCUT2D eigenvalue weighted by molar-refractivity contribution is 7.80. The summed E-state index contributed by atoms with van der Waals surface area (Å²) in [6.45, 7) is 12.1. The van der Waals surface area contributed by atoms with Crippen molar-refractivity contribution in [1.82, 2.24) is 74.4 Å². The number of hydrogen-bond acceptors (Lipinski definition) is 23. The van der Waals surface area contributed by atoms with E-state index in [-0.39, 0.29) is 44.6 Å². The number of carboxylic acids is 3. The first kappa shape index (κ1) is 96.4. The van der Waals surface area contributed by atoms with Gasteiger partial charge in [0.1, 0.15) is 72.5 Å². The zero-order chi connectivity index (χ0) is 83.1. The van der Waals surface area contributed by atoms with Crippen LogP contribution in [0.2, 0.25) is 0 Å². The van der Waals surface area contributed by atoms with E-state index < -0.39 is 260 Å². The number of nitrogens with two attached hydrogens (primary N) is 4. The molecule has 0 unspecified atom stereocenters. The predicted molar refractivity (Wildman–Crippen MR) is 390 cm³/mol. The second-order valence-electron chi connectivity index (χ2n) is 26.5. The van der Waals surface area contributed by atoms with Crippen molar-refractivity contribution in [3.63, 3.8) is 0 Å². The van der Waals surface area contributed by atoms with Gasteiger partial charge in [-0.05, 0) is 82.7 Å². The molecule has 0 aromatic heterocycles. The van der Waals surface area contributed by atoms with Crippen LogP contribution in [-0.2, 0) is 97.5 Å². The Balaban J connectivity index is 3.25. The lowest BCUT2D eigenvalue weighted by atomic mass is 9.96. The summed E-state index contributed by atoms with van der Waals surface area (Å²) in [4.78, 5) is 249. The van der Waals surface area contributed by atoms with Crippen molar-refractivity contribution in [3.05, 3.63) is 35.9 Å². The molecule has 1 rings (SSSR count). The van der Waals surface area contributed by atoms with Crippen LogP contribution in [0, 0.1) is 17.8 Å². The standard InChI is InChI=1S/C67H108N18O23S/c1-10-32(5)52(83-57(97)38(69)25-46(70)87)64(104)73-29-48(89)76-40(20-21-50(91)92)59(99)84-53(33(6)11-2)65(105)81-41(23-31(3)4)60(100)78-39(19-15-16-22-68)58(98)75-35(8)56(96)74-34(7)55(95)72-28-49(90)77-45(30-109)63(103)80-43(27-51(93)94)61(101)79-42(24-37-17-13-12-14-18-37)62(102)85-54(36(9)86)66(106)82-44(67(107)108)26-47(71)88/h12-14,17-18,31-36,38-45,52-54,86,109H,10-11,15-16,19-30,68-69H2,1-9H3,(H2,70,87)(H2,71,88)(H,72,95)(H,73,104)(H,74,96)(H,75,98)(H,76,89)(H,77,90)(H,78,100)(H,79,101)(H,80,103)(H,81,105)(H,82,106)(H,83,97)(H,84,99)(H,85,102)(H,91,92)(H,93,94)(H,107,108)/t32-,33-,34-,35-,36+,38-,39-,40-,41-,42-,43-,44-,45-,52-,53-,54-/m0/s1. The summed E-state index contributed by atoms with van der Waals surface area (Å²) in [6, 6.07) is -12.5. The number of carbonyl (C=O) groups is 19. The van der Waals surface area contributed by atoms with Gasteiger partial charge in [0, 0.05) is 18.6 Å². The van der Waals surface area contributed by atoms with Crippen LogP contribution in [0.1, 0.15) is 139 Å². The van der Waals surface area contributed by atoms with Gasteiger partial charge in [-0.1, -0.05) is 84.7 Å². The lowest BCUT2D eigenvalue weighted by molar-refractivity contribution is -0.144. The first-order valence-electron chi connectivity index (χ1n) is 35.2. The number of primary amides is 2. The molecule has 0 radical (unpaired) electrons. The van der Waals surface area contributed by atoms with Crippen molar-refractivity contribution in [2.45, 2.75) is 224 Å². The van der Waals surface area contributed by atoms with Crippen molar-refractivity contribution < 1.29 is 112 Å². The van der Waals surface area contributed by atoms with E-state index in [2.05, 4.69) is 81.7 Å². The Morgan fingerprint density at radius 3 is 1.38 bits per heavy atom. The summed E-state index contributed by atoms with van der Waals surface area (Å²) in [7, 11) is 0. The molecule has 42 heteroatoms. The second kappa shape index (κ2) is 49.4. The summed E-state index contributed by atoms with van der Waals surface area (Å²) in [6.07, 6.45) is -4.53. The average molecular weight is 1570 g/mol. The molecule has 0 aliphatic heterocycles. The van der Waals surface area contributed by atoms with Crippen LogP contribution in [0.5, 0.6) is 0 Å². The zero-order valence-corrected chi connectivity index (χ0v) is 63.2. The molecule has 41 nitrogen and oxygen atoms in total. The number of aliphatic carboxylic acids is 3. The Morgan fingerprint density at radius 2 is 0.862 bits per heavy atom. The highest BCUT2D eigenvalue weighted by Gasteiger charge is 2.39. The molecule has 0 bridgehead atoms. The largest absolute Gasteiger partial charge is 0.481 e. The van der Waals surface area contributed by atoms with Crippen LogP contribution in [0.4, 0.5) is 0 Å². The van der Waals surface area contributed by atoms with Gasteiger partial charge < -0.3 is 118 Å². The lowest BCUT2D eigenvalue weighted by Gasteiger charge is -2.29. The highest BCUT2D eigenvalue weighted by Crippen LogP contribution is 2.15. The first-order chi connectivity index (χ1) is 51.0. The van der Waals surface area contributed by atoms with Crippen LogP contribution >= 0.6 is 12.6 Å². The first-order valence-corrected chi connectivity index (χ1v) is 35.8. The van der Waals surface area contributed by atoms with E-state index in [0.29, 0.717) is 18.4 Å². The molecule has 1 aromatic carbocycles. The van der Waals surface area contributed by atoms with Crippen molar-refractivity contribution in [2.75, 3.05) is 25.4 Å². The molecule has 0 aliphatic carbocycles. The molecule has 16 amide bonds. The number of rotatable bonds is 52. The molecule has 0 spiro atoms. The fraction of sp³-hybridized carbons (Fsp3) is 0.627. The molecule has 16 atom stereocenters. The molecule has 0 heterocycles. The van der Waals surface area contributed by atoms with Crippen LogP contribution in [0.25, 0.3) is 0 Å². The van der Waals surface area contributed by atoms with Gasteiger partial charge >= 0.3 is 17.9 Å². The zero-order valence-electron chi connectivity index (χ0n) is 62.3. The van der Waals surface area contributed by atoms with Crippen molar-refractivity contribution in [1.29, 1.82) is 0 Å². The number of aliphatic hydroxyl groups excluding tert-OH is 1. The quantitative estimate of drug-likeness (QED) is 0.0213. The van der Waals surface area contributed by atoms with Gasteiger partial charge in [-0.2, -0.15) is 12.6 Å². The molecule has 610 valence electrons. The summed E-state index contributed by atoms with van der Waals surface area (Å²) >= 11 is 4.09. The smallest absolute Gasteiger partial charge is 0.326 e. The molecular formula is C67H108N18O23S. The molecule has 1 aromatic rings. The van der Waals surface area contributed by atoms with Crippen LogP contribution in [0.3, 0.4) is 0 Å². The minimum atomic E-state index is -1.98. The van der Waals surface area contributed by atoms with Gasteiger partial charge in [0.15, 0.2) is 0 Å². The number of unbranched alkanes of at least 4 members (excludes halogenated alkanes) is 1. The van der Waals surface area contributed by atoms with Crippen LogP contribution in [-0.4, -0.2) is 243 Å². The number of aliphatic hydroxyl groups is 1. The Labute approximate surface area is 634 Å². The molecule has 109 heavy (non-hydrogen) atoms. The number of carbonyl (C=O) groups excluding carboxylic acids is 16. The van der Waals surface area contributed by atoms with Gasteiger partial charge in [0.25, 0.3) is 0 Å². The summed E-state index contributed by atoms with van der Waals surface area (Å²) in [5.74, 6) is -22.8. The second-order valence-corrected chi connectivity index (χ2v) is 26.9. The summed E-state index contributed by atoms with van der Waals surface area (Å²) < 4.78 is 0. The predicted octanol–water partition coefficient (Wildman–Crippen LogP) is -7.60. The van der Waals surface area contributed by atoms with E-state index in [1.807, 2.05) is 5.32 Å². The van der Waals surface area contributed by atoms with E-state index in [4.69, 9.17) is 22.9 Å². The van der Waals surface area contributed by atoms with Crippen molar-refractivity contribution in [2.24, 2.45) is 40.7 Å².